The van der Waals surface area contributed by atoms with Gasteiger partial charge in [0.1, 0.15) is 0 Å². The first-order chi connectivity index (χ1) is 11.0. The van der Waals surface area contributed by atoms with E-state index in [-0.39, 0.29) is 0 Å². The molecule has 0 bridgehead atoms. The highest BCUT2D eigenvalue weighted by Crippen LogP contribution is 2.38. The molecule has 0 atom stereocenters. The third-order valence-corrected chi connectivity index (χ3v) is 3.70. The van der Waals surface area contributed by atoms with E-state index in [0.717, 1.165) is 22.8 Å². The molecule has 0 saturated heterocycles. The van der Waals surface area contributed by atoms with E-state index in [2.05, 4.69) is 4.98 Å². The maximum atomic E-state index is 13.1. The summed E-state index contributed by atoms with van der Waals surface area (Å²) < 4.78 is 39.3. The molecular formula is C19H14F3N. The van der Waals surface area contributed by atoms with Gasteiger partial charge in [-0.2, -0.15) is 13.2 Å². The van der Waals surface area contributed by atoms with E-state index >= 15 is 0 Å². The van der Waals surface area contributed by atoms with Crippen LogP contribution in [-0.4, -0.2) is 4.98 Å². The molecule has 23 heavy (non-hydrogen) atoms. The standard InChI is InChI=1S/C19H14F3N/c1-13-6-5-11-23-18(13)17-12-15(19(20,21)22)9-10-16(17)14-7-3-2-4-8-14/h2-12H,1H3. The highest BCUT2D eigenvalue weighted by atomic mass is 19.4. The average Bonchev–Trinajstić information content (AvgIpc) is 2.55. The molecule has 116 valence electrons. The smallest absolute Gasteiger partial charge is 0.256 e. The van der Waals surface area contributed by atoms with Crippen LogP contribution in [0.3, 0.4) is 0 Å². The summed E-state index contributed by atoms with van der Waals surface area (Å²) in [6, 6.07) is 16.8. The van der Waals surface area contributed by atoms with Crippen molar-refractivity contribution < 1.29 is 13.2 Å². The molecule has 0 saturated carbocycles. The summed E-state index contributed by atoms with van der Waals surface area (Å²) in [6.45, 7) is 1.84. The molecule has 3 rings (SSSR count). The topological polar surface area (TPSA) is 12.9 Å². The van der Waals surface area contributed by atoms with Gasteiger partial charge in [-0.1, -0.05) is 42.5 Å². The van der Waals surface area contributed by atoms with Crippen molar-refractivity contribution in [2.24, 2.45) is 0 Å². The number of nitrogens with zero attached hydrogens (tertiary/aromatic N) is 1. The van der Waals surface area contributed by atoms with E-state index in [0.29, 0.717) is 11.3 Å². The van der Waals surface area contributed by atoms with Crippen molar-refractivity contribution >= 4 is 0 Å². The Balaban J connectivity index is 2.27. The lowest BCUT2D eigenvalue weighted by Crippen LogP contribution is -2.05. The summed E-state index contributed by atoms with van der Waals surface area (Å²) in [5.41, 5.74) is 2.82. The second-order valence-electron chi connectivity index (χ2n) is 5.29. The van der Waals surface area contributed by atoms with E-state index in [1.807, 2.05) is 43.3 Å². The highest BCUT2D eigenvalue weighted by molar-refractivity contribution is 5.83. The van der Waals surface area contributed by atoms with Gasteiger partial charge in [-0.15, -0.1) is 0 Å². The molecule has 0 aliphatic carbocycles. The van der Waals surface area contributed by atoms with Gasteiger partial charge in [0.15, 0.2) is 0 Å². The van der Waals surface area contributed by atoms with Gasteiger partial charge in [0.25, 0.3) is 0 Å². The molecule has 3 aromatic rings. The Kier molecular flexibility index (Phi) is 3.90. The minimum atomic E-state index is -4.38. The maximum absolute atomic E-state index is 13.1. The predicted octanol–water partition coefficient (Wildman–Crippen LogP) is 5.74. The van der Waals surface area contributed by atoms with Crippen LogP contribution in [0.2, 0.25) is 0 Å². The van der Waals surface area contributed by atoms with E-state index < -0.39 is 11.7 Å². The second-order valence-corrected chi connectivity index (χ2v) is 5.29. The second kappa shape index (κ2) is 5.88. The lowest BCUT2D eigenvalue weighted by atomic mass is 9.93. The van der Waals surface area contributed by atoms with Crippen LogP contribution in [0, 0.1) is 6.92 Å². The van der Waals surface area contributed by atoms with E-state index in [9.17, 15) is 13.2 Å². The molecule has 1 aromatic heterocycles. The number of aryl methyl sites for hydroxylation is 1. The van der Waals surface area contributed by atoms with Crippen LogP contribution in [-0.2, 0) is 6.18 Å². The Hall–Kier alpha value is -2.62. The number of halogens is 3. The fourth-order valence-electron chi connectivity index (χ4n) is 2.55. The number of rotatable bonds is 2. The largest absolute Gasteiger partial charge is 0.416 e. The van der Waals surface area contributed by atoms with Crippen LogP contribution in [0.5, 0.6) is 0 Å². The zero-order chi connectivity index (χ0) is 16.4. The molecule has 0 spiro atoms. The van der Waals surface area contributed by atoms with Gasteiger partial charge in [0.2, 0.25) is 0 Å². The molecule has 0 radical (unpaired) electrons. The van der Waals surface area contributed by atoms with Crippen LogP contribution in [0.1, 0.15) is 11.1 Å². The van der Waals surface area contributed by atoms with Crippen molar-refractivity contribution in [3.05, 3.63) is 78.0 Å². The van der Waals surface area contributed by atoms with Gasteiger partial charge in [-0.25, -0.2) is 0 Å². The summed E-state index contributed by atoms with van der Waals surface area (Å²) >= 11 is 0. The fourth-order valence-corrected chi connectivity index (χ4v) is 2.55. The van der Waals surface area contributed by atoms with Gasteiger partial charge in [-0.3, -0.25) is 4.98 Å². The Morgan fingerprint density at radius 3 is 2.22 bits per heavy atom. The first-order valence-electron chi connectivity index (χ1n) is 7.15. The SMILES string of the molecule is Cc1cccnc1-c1cc(C(F)(F)F)ccc1-c1ccccc1. The highest BCUT2D eigenvalue weighted by Gasteiger charge is 2.31. The Morgan fingerprint density at radius 1 is 0.826 bits per heavy atom. The molecule has 2 aromatic carbocycles. The Labute approximate surface area is 132 Å². The summed E-state index contributed by atoms with van der Waals surface area (Å²) in [5, 5.41) is 0. The third kappa shape index (κ3) is 3.11. The predicted molar refractivity (Wildman–Crippen MR) is 84.8 cm³/mol. The molecule has 0 aliphatic rings. The number of benzene rings is 2. The molecule has 0 unspecified atom stereocenters. The van der Waals surface area contributed by atoms with E-state index in [1.54, 1.807) is 12.3 Å². The summed E-state index contributed by atoms with van der Waals surface area (Å²) in [6.07, 6.45) is -2.79. The molecule has 1 nitrogen and oxygen atoms in total. The quantitative estimate of drug-likeness (QED) is 0.587. The number of hydrogen-bond acceptors (Lipinski definition) is 1. The van der Waals surface area contributed by atoms with Crippen molar-refractivity contribution in [3.63, 3.8) is 0 Å². The molecule has 0 N–H and O–H groups in total. The van der Waals surface area contributed by atoms with E-state index in [1.165, 1.54) is 12.1 Å². The summed E-state index contributed by atoms with van der Waals surface area (Å²) in [4.78, 5) is 4.29. The summed E-state index contributed by atoms with van der Waals surface area (Å²) in [7, 11) is 0. The number of aromatic nitrogens is 1. The minimum absolute atomic E-state index is 0.490. The maximum Gasteiger partial charge on any atom is 0.416 e. The molecule has 0 fully saturated rings. The van der Waals surface area contributed by atoms with Crippen molar-refractivity contribution in [2.45, 2.75) is 13.1 Å². The van der Waals surface area contributed by atoms with Crippen LogP contribution in [0.4, 0.5) is 13.2 Å². The van der Waals surface area contributed by atoms with Crippen molar-refractivity contribution in [3.8, 4) is 22.4 Å². The van der Waals surface area contributed by atoms with Crippen LogP contribution < -0.4 is 0 Å². The van der Waals surface area contributed by atoms with Crippen molar-refractivity contribution in [2.75, 3.05) is 0 Å². The van der Waals surface area contributed by atoms with Crippen molar-refractivity contribution in [1.29, 1.82) is 0 Å². The third-order valence-electron chi connectivity index (χ3n) is 3.70. The number of hydrogen-bond donors (Lipinski definition) is 0. The average molecular weight is 313 g/mol. The molecule has 0 amide bonds. The molecule has 0 aliphatic heterocycles. The molecular weight excluding hydrogens is 299 g/mol. The minimum Gasteiger partial charge on any atom is -0.256 e. The van der Waals surface area contributed by atoms with Gasteiger partial charge < -0.3 is 0 Å². The van der Waals surface area contributed by atoms with Crippen molar-refractivity contribution in [1.82, 2.24) is 4.98 Å². The van der Waals surface area contributed by atoms with Crippen LogP contribution >= 0.6 is 0 Å². The monoisotopic (exact) mass is 313 g/mol. The Bertz CT molecular complexity index is 824. The van der Waals surface area contributed by atoms with Crippen LogP contribution in [0.25, 0.3) is 22.4 Å². The van der Waals surface area contributed by atoms with Crippen LogP contribution in [0.15, 0.2) is 66.9 Å². The lowest BCUT2D eigenvalue weighted by Gasteiger charge is -2.15. The number of pyridine rings is 1. The molecule has 4 heteroatoms. The first kappa shape index (κ1) is 15.3. The lowest BCUT2D eigenvalue weighted by molar-refractivity contribution is -0.137. The first-order valence-corrected chi connectivity index (χ1v) is 7.15. The molecule has 1 heterocycles. The fraction of sp³-hybridized carbons (Fsp3) is 0.105. The van der Waals surface area contributed by atoms with E-state index in [4.69, 9.17) is 0 Å². The Morgan fingerprint density at radius 2 is 1.57 bits per heavy atom. The van der Waals surface area contributed by atoms with Gasteiger partial charge in [0, 0.05) is 11.8 Å². The zero-order valence-electron chi connectivity index (χ0n) is 12.4. The van der Waals surface area contributed by atoms with Gasteiger partial charge >= 0.3 is 6.18 Å². The van der Waals surface area contributed by atoms with Gasteiger partial charge in [-0.05, 0) is 41.8 Å². The summed E-state index contributed by atoms with van der Waals surface area (Å²) in [5.74, 6) is 0. The van der Waals surface area contributed by atoms with Gasteiger partial charge in [0.05, 0.1) is 11.3 Å². The zero-order valence-corrected chi connectivity index (χ0v) is 12.4. The number of alkyl halides is 3. The normalized spacial score (nSPS) is 11.5.